The number of nitrogens with zero attached hydrogens (tertiary/aromatic N) is 1. The number of fused-ring (bicyclic) bond motifs is 2. The number of aromatic nitrogens is 2. The number of rotatable bonds is 16. The number of amides is 2. The maximum atomic E-state index is 12.5. The standard InChI is InChI=1S/C37H40N10O4/c38-36(39)24-6-12-28-30(16-24)46-32(44-28)18-34(48)42-20-22-2-8-26(9-3-22)50-14-1-15-51-27-10-4-23(5-11-27)21-43-35(49)19-33-45-29-13-7-25(37(40)41)17-31(29)47-33/h2-13,16-17,32,44,46H,1,14-15,18-21H2,(H3,38,39)(H3,40,41)(H,42,48)(H,43,49)(H,45,47). The van der Waals surface area contributed by atoms with Crippen LogP contribution in [-0.2, 0) is 29.1 Å². The van der Waals surface area contributed by atoms with Gasteiger partial charge in [0.2, 0.25) is 11.8 Å². The van der Waals surface area contributed by atoms with E-state index in [0.29, 0.717) is 55.2 Å². The molecular weight excluding hydrogens is 648 g/mol. The first-order chi connectivity index (χ1) is 24.7. The van der Waals surface area contributed by atoms with Gasteiger partial charge in [-0.3, -0.25) is 20.4 Å². The molecule has 0 fully saturated rings. The number of hydrogen-bond acceptors (Lipinski definition) is 9. The van der Waals surface area contributed by atoms with Crippen LogP contribution in [0.5, 0.6) is 11.5 Å². The number of benzene rings is 4. The number of nitrogens with one attached hydrogen (secondary N) is 7. The minimum atomic E-state index is -0.242. The van der Waals surface area contributed by atoms with Crippen LogP contribution < -0.4 is 42.2 Å². The Morgan fingerprint density at radius 3 is 1.92 bits per heavy atom. The van der Waals surface area contributed by atoms with Gasteiger partial charge in [-0.2, -0.15) is 0 Å². The third-order valence-corrected chi connectivity index (χ3v) is 8.20. The molecule has 4 aromatic carbocycles. The van der Waals surface area contributed by atoms with Gasteiger partial charge in [-0.05, 0) is 71.8 Å². The van der Waals surface area contributed by atoms with E-state index < -0.39 is 0 Å². The molecule has 1 aromatic heterocycles. The van der Waals surface area contributed by atoms with Crippen molar-refractivity contribution in [3.63, 3.8) is 0 Å². The van der Waals surface area contributed by atoms with E-state index in [1.54, 1.807) is 30.3 Å². The van der Waals surface area contributed by atoms with Gasteiger partial charge in [0.1, 0.15) is 35.2 Å². The van der Waals surface area contributed by atoms with Crippen molar-refractivity contribution in [2.24, 2.45) is 11.5 Å². The zero-order chi connectivity index (χ0) is 35.7. The molecule has 14 heteroatoms. The van der Waals surface area contributed by atoms with Crippen LogP contribution in [0.3, 0.4) is 0 Å². The molecule has 0 radical (unpaired) electrons. The van der Waals surface area contributed by atoms with Crippen LogP contribution in [0, 0.1) is 10.8 Å². The highest BCUT2D eigenvalue weighted by molar-refractivity contribution is 5.98. The second-order valence-electron chi connectivity index (χ2n) is 12.1. The molecule has 1 atom stereocenters. The molecule has 6 rings (SSSR count). The van der Waals surface area contributed by atoms with Crippen molar-refractivity contribution >= 4 is 45.9 Å². The molecule has 0 bridgehead atoms. The molecule has 2 amide bonds. The van der Waals surface area contributed by atoms with Gasteiger partial charge in [0.05, 0.1) is 48.5 Å². The molecule has 14 nitrogen and oxygen atoms in total. The number of anilines is 2. The summed E-state index contributed by atoms with van der Waals surface area (Å²) in [6.45, 7) is 1.75. The smallest absolute Gasteiger partial charge is 0.227 e. The molecule has 51 heavy (non-hydrogen) atoms. The van der Waals surface area contributed by atoms with Crippen molar-refractivity contribution in [3.05, 3.63) is 113 Å². The first kappa shape index (κ1) is 34.3. The van der Waals surface area contributed by atoms with Gasteiger partial charge >= 0.3 is 0 Å². The Morgan fingerprint density at radius 2 is 1.29 bits per heavy atom. The number of nitrogens with two attached hydrogens (primary N) is 2. The molecule has 0 saturated carbocycles. The number of hydrogen-bond donors (Lipinski definition) is 9. The zero-order valence-corrected chi connectivity index (χ0v) is 27.8. The van der Waals surface area contributed by atoms with E-state index in [9.17, 15) is 9.59 Å². The fraction of sp³-hybridized carbons (Fsp3) is 0.216. The normalized spacial score (nSPS) is 13.1. The average molecular weight is 689 g/mol. The van der Waals surface area contributed by atoms with E-state index in [4.69, 9.17) is 31.8 Å². The van der Waals surface area contributed by atoms with Gasteiger partial charge in [-0.15, -0.1) is 0 Å². The monoisotopic (exact) mass is 688 g/mol. The number of amidine groups is 2. The number of imidazole rings is 1. The van der Waals surface area contributed by atoms with Crippen LogP contribution in [0.25, 0.3) is 11.0 Å². The molecule has 1 aliphatic heterocycles. The summed E-state index contributed by atoms with van der Waals surface area (Å²) in [7, 11) is 0. The number of carbonyl (C=O) groups excluding carboxylic acids is 2. The number of ether oxygens (including phenoxy) is 2. The Labute approximate surface area is 294 Å². The van der Waals surface area contributed by atoms with E-state index in [2.05, 4.69) is 31.2 Å². The summed E-state index contributed by atoms with van der Waals surface area (Å²) in [5.41, 5.74) is 17.4. The minimum absolute atomic E-state index is 0.00277. The van der Waals surface area contributed by atoms with Crippen molar-refractivity contribution in [2.75, 3.05) is 23.8 Å². The number of H-pyrrole nitrogens is 1. The van der Waals surface area contributed by atoms with Crippen LogP contribution in [0.15, 0.2) is 84.9 Å². The lowest BCUT2D eigenvalue weighted by Gasteiger charge is -2.13. The molecule has 262 valence electrons. The summed E-state index contributed by atoms with van der Waals surface area (Å²) in [4.78, 5) is 32.6. The third kappa shape index (κ3) is 9.32. The molecule has 1 unspecified atom stereocenters. The molecule has 11 N–H and O–H groups in total. The lowest BCUT2D eigenvalue weighted by atomic mass is 10.1. The second-order valence-corrected chi connectivity index (χ2v) is 12.1. The van der Waals surface area contributed by atoms with Crippen LogP contribution in [0.1, 0.15) is 40.9 Å². The summed E-state index contributed by atoms with van der Waals surface area (Å²) in [5, 5.41) is 27.5. The quantitative estimate of drug-likeness (QED) is 0.0417. The molecule has 1 aliphatic rings. The Morgan fingerprint density at radius 1 is 0.725 bits per heavy atom. The summed E-state index contributed by atoms with van der Waals surface area (Å²) in [5.74, 6) is 1.73. The van der Waals surface area contributed by atoms with Crippen LogP contribution >= 0.6 is 0 Å². The number of nitrogen functional groups attached to an aromatic ring is 2. The highest BCUT2D eigenvalue weighted by Gasteiger charge is 2.22. The highest BCUT2D eigenvalue weighted by atomic mass is 16.5. The summed E-state index contributed by atoms with van der Waals surface area (Å²) in [6, 6.07) is 25.8. The van der Waals surface area contributed by atoms with Crippen molar-refractivity contribution < 1.29 is 19.1 Å². The van der Waals surface area contributed by atoms with E-state index in [1.165, 1.54) is 0 Å². The Hall–Kier alpha value is -6.57. The van der Waals surface area contributed by atoms with Crippen molar-refractivity contribution in [1.29, 1.82) is 10.8 Å². The van der Waals surface area contributed by atoms with E-state index in [1.807, 2.05) is 54.6 Å². The number of aromatic amines is 1. The van der Waals surface area contributed by atoms with Gasteiger partial charge in [0.25, 0.3) is 0 Å². The van der Waals surface area contributed by atoms with Crippen LogP contribution in [0.4, 0.5) is 11.4 Å². The minimum Gasteiger partial charge on any atom is -0.493 e. The second kappa shape index (κ2) is 15.8. The summed E-state index contributed by atoms with van der Waals surface area (Å²) < 4.78 is 11.7. The summed E-state index contributed by atoms with van der Waals surface area (Å²) >= 11 is 0. The predicted octanol–water partition coefficient (Wildman–Crippen LogP) is 3.71. The molecule has 0 spiro atoms. The number of carbonyl (C=O) groups is 2. The van der Waals surface area contributed by atoms with Crippen LogP contribution in [-0.4, -0.2) is 52.8 Å². The zero-order valence-electron chi connectivity index (χ0n) is 27.8. The van der Waals surface area contributed by atoms with Crippen molar-refractivity contribution in [2.45, 2.75) is 38.5 Å². The fourth-order valence-electron chi connectivity index (χ4n) is 5.50. The van der Waals surface area contributed by atoms with Gasteiger partial charge in [0.15, 0.2) is 0 Å². The molecular formula is C37H40N10O4. The Balaban J connectivity index is 0.834. The maximum absolute atomic E-state index is 12.5. The topological polar surface area (TPSA) is 229 Å². The van der Waals surface area contributed by atoms with Crippen LogP contribution in [0.2, 0.25) is 0 Å². The first-order valence-corrected chi connectivity index (χ1v) is 16.5. The molecule has 0 saturated heterocycles. The Bertz CT molecular complexity index is 2040. The van der Waals surface area contributed by atoms with E-state index in [-0.39, 0.29) is 42.5 Å². The van der Waals surface area contributed by atoms with E-state index >= 15 is 0 Å². The summed E-state index contributed by atoms with van der Waals surface area (Å²) in [6.07, 6.45) is 0.798. The van der Waals surface area contributed by atoms with E-state index in [0.717, 1.165) is 39.5 Å². The van der Waals surface area contributed by atoms with Crippen molar-refractivity contribution in [1.82, 2.24) is 20.6 Å². The van der Waals surface area contributed by atoms with Gasteiger partial charge in [0, 0.05) is 30.6 Å². The maximum Gasteiger partial charge on any atom is 0.227 e. The molecule has 2 heterocycles. The fourth-order valence-corrected chi connectivity index (χ4v) is 5.50. The SMILES string of the molecule is N=C(N)c1ccc2c(c1)NC(CC(=O)NCc1ccc(OCCCOc3ccc(CNC(=O)Cc4nc5ccc(C(=N)N)cc5[nH]4)cc3)cc1)N2. The third-order valence-electron chi connectivity index (χ3n) is 8.20. The van der Waals surface area contributed by atoms with Gasteiger partial charge in [-0.25, -0.2) is 4.98 Å². The average Bonchev–Trinajstić information content (AvgIpc) is 3.72. The first-order valence-electron chi connectivity index (χ1n) is 16.5. The molecule has 5 aromatic rings. The van der Waals surface area contributed by atoms with Gasteiger partial charge < -0.3 is 47.2 Å². The predicted molar refractivity (Wildman–Crippen MR) is 196 cm³/mol. The lowest BCUT2D eigenvalue weighted by Crippen LogP contribution is -2.32. The largest absolute Gasteiger partial charge is 0.493 e. The van der Waals surface area contributed by atoms with Crippen molar-refractivity contribution in [3.8, 4) is 11.5 Å². The molecule has 0 aliphatic carbocycles. The lowest BCUT2D eigenvalue weighted by molar-refractivity contribution is -0.121. The Kier molecular flexibility index (Phi) is 10.6. The highest BCUT2D eigenvalue weighted by Crippen LogP contribution is 2.30. The van der Waals surface area contributed by atoms with Gasteiger partial charge in [-0.1, -0.05) is 24.3 Å².